The maximum absolute atomic E-state index is 12.4. The highest BCUT2D eigenvalue weighted by Crippen LogP contribution is 2.25. The zero-order valence-corrected chi connectivity index (χ0v) is 15.7. The fraction of sp³-hybridized carbons (Fsp3) is 0.474. The summed E-state index contributed by atoms with van der Waals surface area (Å²) in [6.07, 6.45) is 0. The van der Waals surface area contributed by atoms with Gasteiger partial charge in [0.2, 0.25) is 0 Å². The van der Waals surface area contributed by atoms with E-state index in [1.54, 1.807) is 14.0 Å². The van der Waals surface area contributed by atoms with Gasteiger partial charge in [-0.2, -0.15) is 5.10 Å². The van der Waals surface area contributed by atoms with Crippen LogP contribution in [0.3, 0.4) is 0 Å². The lowest BCUT2D eigenvalue weighted by molar-refractivity contribution is 0.166. The first-order valence-electron chi connectivity index (χ1n) is 8.49. The Hall–Kier alpha value is -2.34. The van der Waals surface area contributed by atoms with Crippen molar-refractivity contribution in [3.8, 4) is 0 Å². The summed E-state index contributed by atoms with van der Waals surface area (Å²) >= 11 is 0. The lowest BCUT2D eigenvalue weighted by atomic mass is 9.92. The molecule has 0 aliphatic heterocycles. The molecule has 1 heterocycles. The van der Waals surface area contributed by atoms with Crippen LogP contribution in [0, 0.1) is 0 Å². The van der Waals surface area contributed by atoms with Crippen molar-refractivity contribution in [1.29, 1.82) is 0 Å². The zero-order valence-electron chi connectivity index (χ0n) is 15.7. The molecular formula is C19H28N4O2. The van der Waals surface area contributed by atoms with Crippen LogP contribution in [0.1, 0.15) is 39.0 Å². The molecule has 136 valence electrons. The lowest BCUT2D eigenvalue weighted by Gasteiger charge is -2.23. The molecule has 2 amide bonds. The number of likely N-dealkylation sites (N-methyl/N-ethyl adjacent to an activating group) is 1. The van der Waals surface area contributed by atoms with Crippen LogP contribution in [-0.4, -0.2) is 45.5 Å². The summed E-state index contributed by atoms with van der Waals surface area (Å²) in [4.78, 5) is 13.9. The standard InChI is InChI=1S/C19H28N4O2/c1-14(13-24)22(5)18(25)20-17-11-16(19(2,3)4)21-23(17)12-15-9-7-6-8-10-15/h6-11,14,24H,12-13H2,1-5H3,(H,20,25). The number of rotatable bonds is 5. The molecule has 0 saturated carbocycles. The molecule has 0 radical (unpaired) electrons. The minimum absolute atomic E-state index is 0.0829. The van der Waals surface area contributed by atoms with E-state index in [1.807, 2.05) is 41.1 Å². The number of aliphatic hydroxyl groups excluding tert-OH is 1. The number of carbonyl (C=O) groups excluding carboxylic acids is 1. The van der Waals surface area contributed by atoms with Crippen LogP contribution in [0.25, 0.3) is 0 Å². The number of aliphatic hydroxyl groups is 1. The number of benzene rings is 1. The van der Waals surface area contributed by atoms with Crippen molar-refractivity contribution in [2.24, 2.45) is 0 Å². The Morgan fingerprint density at radius 3 is 2.52 bits per heavy atom. The molecule has 1 aromatic heterocycles. The van der Waals surface area contributed by atoms with E-state index >= 15 is 0 Å². The number of hydrogen-bond acceptors (Lipinski definition) is 3. The van der Waals surface area contributed by atoms with Gasteiger partial charge in [0.15, 0.2) is 0 Å². The molecular weight excluding hydrogens is 316 g/mol. The molecule has 1 atom stereocenters. The van der Waals surface area contributed by atoms with Crippen LogP contribution in [0.5, 0.6) is 0 Å². The summed E-state index contributed by atoms with van der Waals surface area (Å²) in [5.41, 5.74) is 1.90. The van der Waals surface area contributed by atoms with Crippen molar-refractivity contribution < 1.29 is 9.90 Å². The van der Waals surface area contributed by atoms with Crippen molar-refractivity contribution in [2.45, 2.75) is 45.7 Å². The van der Waals surface area contributed by atoms with Gasteiger partial charge in [0.05, 0.1) is 24.9 Å². The van der Waals surface area contributed by atoms with Gasteiger partial charge in [-0.25, -0.2) is 9.48 Å². The van der Waals surface area contributed by atoms with Crippen molar-refractivity contribution in [2.75, 3.05) is 19.0 Å². The van der Waals surface area contributed by atoms with Gasteiger partial charge in [-0.05, 0) is 12.5 Å². The Kier molecular flexibility index (Phi) is 5.85. The normalized spacial score (nSPS) is 12.7. The lowest BCUT2D eigenvalue weighted by Crippen LogP contribution is -2.40. The number of anilines is 1. The van der Waals surface area contributed by atoms with E-state index < -0.39 is 0 Å². The highest BCUT2D eigenvalue weighted by molar-refractivity contribution is 5.88. The second-order valence-corrected chi connectivity index (χ2v) is 7.38. The van der Waals surface area contributed by atoms with Crippen LogP contribution < -0.4 is 5.32 Å². The van der Waals surface area contributed by atoms with Gasteiger partial charge < -0.3 is 10.0 Å². The molecule has 2 N–H and O–H groups in total. The molecule has 0 aliphatic rings. The average Bonchev–Trinajstić information content (AvgIpc) is 2.97. The molecule has 0 bridgehead atoms. The van der Waals surface area contributed by atoms with E-state index in [2.05, 4.69) is 31.2 Å². The van der Waals surface area contributed by atoms with Crippen LogP contribution in [0.2, 0.25) is 0 Å². The summed E-state index contributed by atoms with van der Waals surface area (Å²) in [7, 11) is 1.67. The SMILES string of the molecule is CC(CO)N(C)C(=O)Nc1cc(C(C)(C)C)nn1Cc1ccccc1. The van der Waals surface area contributed by atoms with Crippen molar-refractivity contribution in [3.05, 3.63) is 47.7 Å². The third-order valence-corrected chi connectivity index (χ3v) is 4.20. The van der Waals surface area contributed by atoms with Crippen LogP contribution in [0.4, 0.5) is 10.6 Å². The number of hydrogen-bond donors (Lipinski definition) is 2. The van der Waals surface area contributed by atoms with E-state index in [1.165, 1.54) is 4.90 Å². The second kappa shape index (κ2) is 7.70. The van der Waals surface area contributed by atoms with Gasteiger partial charge in [-0.15, -0.1) is 0 Å². The molecule has 25 heavy (non-hydrogen) atoms. The predicted octanol–water partition coefficient (Wildman–Crippen LogP) is 3.07. The highest BCUT2D eigenvalue weighted by atomic mass is 16.3. The van der Waals surface area contributed by atoms with Gasteiger partial charge in [-0.3, -0.25) is 5.32 Å². The third-order valence-electron chi connectivity index (χ3n) is 4.20. The minimum Gasteiger partial charge on any atom is -0.394 e. The topological polar surface area (TPSA) is 70.4 Å². The quantitative estimate of drug-likeness (QED) is 0.876. The van der Waals surface area contributed by atoms with E-state index in [9.17, 15) is 9.90 Å². The Labute approximate surface area is 149 Å². The van der Waals surface area contributed by atoms with E-state index in [0.29, 0.717) is 12.4 Å². The molecule has 2 rings (SSSR count). The summed E-state index contributed by atoms with van der Waals surface area (Å²) in [6.45, 7) is 8.56. The molecule has 1 unspecified atom stereocenters. The van der Waals surface area contributed by atoms with Gasteiger partial charge in [0.25, 0.3) is 0 Å². The van der Waals surface area contributed by atoms with Gasteiger partial charge in [0.1, 0.15) is 5.82 Å². The van der Waals surface area contributed by atoms with Crippen LogP contribution >= 0.6 is 0 Å². The number of nitrogens with zero attached hydrogens (tertiary/aromatic N) is 3. The maximum atomic E-state index is 12.4. The van der Waals surface area contributed by atoms with Gasteiger partial charge >= 0.3 is 6.03 Å². The molecule has 0 spiro atoms. The molecule has 0 saturated heterocycles. The highest BCUT2D eigenvalue weighted by Gasteiger charge is 2.22. The zero-order chi connectivity index (χ0) is 18.6. The summed E-state index contributed by atoms with van der Waals surface area (Å²) in [6, 6.07) is 11.4. The minimum atomic E-state index is -0.267. The number of amides is 2. The first-order chi connectivity index (χ1) is 11.7. The Morgan fingerprint density at radius 1 is 1.32 bits per heavy atom. The van der Waals surface area contributed by atoms with Gasteiger partial charge in [0, 0.05) is 18.5 Å². The Balaban J connectivity index is 2.28. The molecule has 2 aromatic rings. The molecule has 1 aromatic carbocycles. The largest absolute Gasteiger partial charge is 0.394 e. The van der Waals surface area contributed by atoms with E-state index in [4.69, 9.17) is 0 Å². The van der Waals surface area contributed by atoms with Crippen LogP contribution in [0.15, 0.2) is 36.4 Å². The Morgan fingerprint density at radius 2 is 1.96 bits per heavy atom. The number of carbonyl (C=O) groups is 1. The first kappa shape index (κ1) is 19.0. The Bertz CT molecular complexity index is 704. The van der Waals surface area contributed by atoms with E-state index in [0.717, 1.165) is 11.3 Å². The summed E-state index contributed by atoms with van der Waals surface area (Å²) in [5, 5.41) is 16.8. The van der Waals surface area contributed by atoms with Crippen LogP contribution in [-0.2, 0) is 12.0 Å². The summed E-state index contributed by atoms with van der Waals surface area (Å²) < 4.78 is 1.81. The fourth-order valence-electron chi connectivity index (χ4n) is 2.28. The maximum Gasteiger partial charge on any atom is 0.323 e. The first-order valence-corrected chi connectivity index (χ1v) is 8.49. The molecule has 6 nitrogen and oxygen atoms in total. The van der Waals surface area contributed by atoms with Crippen molar-refractivity contribution in [1.82, 2.24) is 14.7 Å². The molecule has 0 aliphatic carbocycles. The van der Waals surface area contributed by atoms with Crippen molar-refractivity contribution in [3.63, 3.8) is 0 Å². The smallest absolute Gasteiger partial charge is 0.323 e. The monoisotopic (exact) mass is 344 g/mol. The van der Waals surface area contributed by atoms with Gasteiger partial charge in [-0.1, -0.05) is 51.1 Å². The summed E-state index contributed by atoms with van der Waals surface area (Å²) in [5.74, 6) is 0.649. The molecule has 0 fully saturated rings. The fourth-order valence-corrected chi connectivity index (χ4v) is 2.28. The van der Waals surface area contributed by atoms with Crippen molar-refractivity contribution >= 4 is 11.8 Å². The molecule has 6 heteroatoms. The average molecular weight is 344 g/mol. The number of urea groups is 1. The number of aromatic nitrogens is 2. The van der Waals surface area contributed by atoms with E-state index in [-0.39, 0.29) is 24.1 Å². The second-order valence-electron chi connectivity index (χ2n) is 7.38. The number of nitrogens with one attached hydrogen (secondary N) is 1. The predicted molar refractivity (Wildman–Crippen MR) is 99.8 cm³/mol. The third kappa shape index (κ3) is 4.82.